The molecule has 0 aromatic heterocycles. The summed E-state index contributed by atoms with van der Waals surface area (Å²) in [6.45, 7) is 5.45. The fourth-order valence-corrected chi connectivity index (χ4v) is 3.64. The van der Waals surface area contributed by atoms with Crippen molar-refractivity contribution >= 4 is 5.96 Å². The summed E-state index contributed by atoms with van der Waals surface area (Å²) in [6, 6.07) is 3.59. The van der Waals surface area contributed by atoms with Crippen molar-refractivity contribution in [3.05, 3.63) is 35.4 Å². The predicted octanol–water partition coefficient (Wildman–Crippen LogP) is 3.35. The maximum absolute atomic E-state index is 13.7. The van der Waals surface area contributed by atoms with Gasteiger partial charge < -0.3 is 10.2 Å². The van der Waals surface area contributed by atoms with E-state index in [4.69, 9.17) is 0 Å². The maximum atomic E-state index is 13.7. The second-order valence-electron chi connectivity index (χ2n) is 6.75. The average molecular weight is 321 g/mol. The van der Waals surface area contributed by atoms with E-state index < -0.39 is 5.82 Å². The fourth-order valence-electron chi connectivity index (χ4n) is 3.64. The highest BCUT2D eigenvalue weighted by molar-refractivity contribution is 5.80. The number of nitrogens with one attached hydrogen (secondary N) is 1. The van der Waals surface area contributed by atoms with E-state index in [1.807, 2.05) is 0 Å². The molecular formula is C18H25F2N3. The van der Waals surface area contributed by atoms with E-state index in [0.717, 1.165) is 31.7 Å². The minimum Gasteiger partial charge on any atom is -0.357 e. The van der Waals surface area contributed by atoms with Crippen molar-refractivity contribution in [2.24, 2.45) is 10.4 Å². The summed E-state index contributed by atoms with van der Waals surface area (Å²) in [4.78, 5) is 6.95. The van der Waals surface area contributed by atoms with E-state index in [9.17, 15) is 8.78 Å². The second-order valence-corrected chi connectivity index (χ2v) is 6.75. The molecule has 23 heavy (non-hydrogen) atoms. The van der Waals surface area contributed by atoms with E-state index in [0.29, 0.717) is 23.9 Å². The third-order valence-electron chi connectivity index (χ3n) is 5.14. The Morgan fingerprint density at radius 3 is 2.78 bits per heavy atom. The normalized spacial score (nSPS) is 20.0. The molecule has 1 aliphatic heterocycles. The standard InChI is InChI=1S/C18H25F2N3/c1-2-21-17(23-11-9-18(13-23)7-3-8-18)22-10-6-14-12-15(19)4-5-16(14)20/h4-5,12H,2-3,6-11,13H2,1H3,(H,21,22). The summed E-state index contributed by atoms with van der Waals surface area (Å²) in [5, 5.41) is 3.33. The number of likely N-dealkylation sites (tertiary alicyclic amines) is 1. The molecule has 1 N–H and O–H groups in total. The molecule has 1 saturated carbocycles. The van der Waals surface area contributed by atoms with Crippen molar-refractivity contribution in [1.82, 2.24) is 10.2 Å². The lowest BCUT2D eigenvalue weighted by atomic mass is 9.68. The molecule has 0 radical (unpaired) electrons. The maximum Gasteiger partial charge on any atom is 0.193 e. The lowest BCUT2D eigenvalue weighted by Gasteiger charge is -2.38. The Labute approximate surface area is 136 Å². The summed E-state index contributed by atoms with van der Waals surface area (Å²) >= 11 is 0. The molecule has 126 valence electrons. The number of halogens is 2. The van der Waals surface area contributed by atoms with Crippen LogP contribution in [0.3, 0.4) is 0 Å². The topological polar surface area (TPSA) is 27.6 Å². The molecule has 2 fully saturated rings. The molecule has 1 saturated heterocycles. The van der Waals surface area contributed by atoms with Gasteiger partial charge in [-0.25, -0.2) is 8.78 Å². The molecule has 0 bridgehead atoms. The molecule has 3 rings (SSSR count). The van der Waals surface area contributed by atoms with Crippen LogP contribution in [0.5, 0.6) is 0 Å². The first kappa shape index (κ1) is 16.2. The van der Waals surface area contributed by atoms with Crippen LogP contribution in [0.2, 0.25) is 0 Å². The van der Waals surface area contributed by atoms with E-state index in [2.05, 4.69) is 22.1 Å². The molecule has 1 aliphatic carbocycles. The first-order valence-corrected chi connectivity index (χ1v) is 8.59. The van der Waals surface area contributed by atoms with Crippen LogP contribution < -0.4 is 5.32 Å². The minimum absolute atomic E-state index is 0.360. The van der Waals surface area contributed by atoms with Crippen LogP contribution >= 0.6 is 0 Å². The van der Waals surface area contributed by atoms with Gasteiger partial charge in [-0.2, -0.15) is 0 Å². The molecule has 1 aromatic carbocycles. The molecule has 1 spiro atoms. The van der Waals surface area contributed by atoms with Crippen molar-refractivity contribution in [2.45, 2.75) is 39.0 Å². The Morgan fingerprint density at radius 1 is 1.30 bits per heavy atom. The zero-order valence-corrected chi connectivity index (χ0v) is 13.7. The first-order valence-electron chi connectivity index (χ1n) is 8.59. The van der Waals surface area contributed by atoms with Crippen LogP contribution in [0.1, 0.15) is 38.2 Å². The van der Waals surface area contributed by atoms with Gasteiger partial charge in [0.05, 0.1) is 0 Å². The number of hydrogen-bond donors (Lipinski definition) is 1. The van der Waals surface area contributed by atoms with Gasteiger partial charge in [0.15, 0.2) is 5.96 Å². The number of hydrogen-bond acceptors (Lipinski definition) is 1. The van der Waals surface area contributed by atoms with Gasteiger partial charge in [0, 0.05) is 26.2 Å². The van der Waals surface area contributed by atoms with Crippen LogP contribution in [-0.2, 0) is 6.42 Å². The summed E-state index contributed by atoms with van der Waals surface area (Å²) in [6.07, 6.45) is 5.67. The van der Waals surface area contributed by atoms with Crippen molar-refractivity contribution in [3.8, 4) is 0 Å². The zero-order valence-electron chi connectivity index (χ0n) is 13.7. The lowest BCUT2D eigenvalue weighted by Crippen LogP contribution is -2.42. The van der Waals surface area contributed by atoms with Crippen molar-refractivity contribution in [1.29, 1.82) is 0 Å². The Balaban J connectivity index is 1.61. The predicted molar refractivity (Wildman–Crippen MR) is 88.5 cm³/mol. The van der Waals surface area contributed by atoms with Crippen molar-refractivity contribution in [3.63, 3.8) is 0 Å². The van der Waals surface area contributed by atoms with Gasteiger partial charge in [-0.15, -0.1) is 0 Å². The SMILES string of the molecule is CCNC(=NCCc1cc(F)ccc1F)N1CCC2(CCC2)C1. The van der Waals surface area contributed by atoms with Crippen LogP contribution in [0, 0.1) is 17.0 Å². The fraction of sp³-hybridized carbons (Fsp3) is 0.611. The lowest BCUT2D eigenvalue weighted by molar-refractivity contribution is 0.151. The van der Waals surface area contributed by atoms with Gasteiger partial charge >= 0.3 is 0 Å². The molecule has 1 heterocycles. The molecule has 3 nitrogen and oxygen atoms in total. The molecular weight excluding hydrogens is 296 g/mol. The third-order valence-corrected chi connectivity index (χ3v) is 5.14. The van der Waals surface area contributed by atoms with Crippen molar-refractivity contribution in [2.75, 3.05) is 26.2 Å². The zero-order chi connectivity index (χ0) is 16.3. The molecule has 0 amide bonds. The molecule has 0 unspecified atom stereocenters. The summed E-state index contributed by atoms with van der Waals surface area (Å²) < 4.78 is 26.9. The van der Waals surface area contributed by atoms with E-state index in [1.165, 1.54) is 37.8 Å². The number of rotatable bonds is 4. The van der Waals surface area contributed by atoms with Crippen LogP contribution in [0.15, 0.2) is 23.2 Å². The monoisotopic (exact) mass is 321 g/mol. The highest BCUT2D eigenvalue weighted by Gasteiger charge is 2.43. The second kappa shape index (κ2) is 6.85. The van der Waals surface area contributed by atoms with Gasteiger partial charge in [0.25, 0.3) is 0 Å². The van der Waals surface area contributed by atoms with Crippen molar-refractivity contribution < 1.29 is 8.78 Å². The van der Waals surface area contributed by atoms with Crippen LogP contribution in [0.4, 0.5) is 8.78 Å². The Morgan fingerprint density at radius 2 is 2.13 bits per heavy atom. The Kier molecular flexibility index (Phi) is 4.83. The smallest absolute Gasteiger partial charge is 0.193 e. The quantitative estimate of drug-likeness (QED) is 0.680. The molecule has 2 aliphatic rings. The molecule has 0 atom stereocenters. The Hall–Kier alpha value is -1.65. The van der Waals surface area contributed by atoms with E-state index in [1.54, 1.807) is 0 Å². The highest BCUT2D eigenvalue weighted by Crippen LogP contribution is 2.47. The van der Waals surface area contributed by atoms with Gasteiger partial charge in [-0.05, 0) is 61.8 Å². The molecule has 1 aromatic rings. The first-order chi connectivity index (χ1) is 11.1. The summed E-state index contributed by atoms with van der Waals surface area (Å²) in [5.74, 6) is 0.151. The van der Waals surface area contributed by atoms with Crippen LogP contribution in [-0.4, -0.2) is 37.0 Å². The number of aliphatic imine (C=N–C) groups is 1. The van der Waals surface area contributed by atoms with Gasteiger partial charge in [-0.3, -0.25) is 4.99 Å². The summed E-state index contributed by atoms with van der Waals surface area (Å²) in [7, 11) is 0. The third kappa shape index (κ3) is 3.65. The highest BCUT2D eigenvalue weighted by atomic mass is 19.1. The average Bonchev–Trinajstić information content (AvgIpc) is 2.95. The molecule has 5 heteroatoms. The minimum atomic E-state index is -0.399. The van der Waals surface area contributed by atoms with Gasteiger partial charge in [0.2, 0.25) is 0 Å². The van der Waals surface area contributed by atoms with Gasteiger partial charge in [-0.1, -0.05) is 6.42 Å². The van der Waals surface area contributed by atoms with E-state index >= 15 is 0 Å². The van der Waals surface area contributed by atoms with Gasteiger partial charge in [0.1, 0.15) is 11.6 Å². The number of benzene rings is 1. The number of nitrogens with zero attached hydrogens (tertiary/aromatic N) is 2. The Bertz CT molecular complexity index is 582. The van der Waals surface area contributed by atoms with Crippen LogP contribution in [0.25, 0.3) is 0 Å². The van der Waals surface area contributed by atoms with E-state index in [-0.39, 0.29) is 5.82 Å². The number of guanidine groups is 1. The largest absolute Gasteiger partial charge is 0.357 e. The summed E-state index contributed by atoms with van der Waals surface area (Å²) in [5.41, 5.74) is 0.909.